The van der Waals surface area contributed by atoms with Gasteiger partial charge in [0.1, 0.15) is 23.7 Å². The average molecular weight is 709 g/mol. The van der Waals surface area contributed by atoms with Gasteiger partial charge in [-0.15, -0.1) is 0 Å². The zero-order chi connectivity index (χ0) is 36.1. The lowest BCUT2D eigenvalue weighted by Crippen LogP contribution is -2.62. The molecular formula is C48H33B2NO4. The summed E-state index contributed by atoms with van der Waals surface area (Å²) in [4.78, 5) is 2.60. The summed E-state index contributed by atoms with van der Waals surface area (Å²) in [6.45, 7) is 4.39. The van der Waals surface area contributed by atoms with E-state index in [1.54, 1.807) is 0 Å². The van der Waals surface area contributed by atoms with Gasteiger partial charge in [0.25, 0.3) is 0 Å². The first-order valence-corrected chi connectivity index (χ1v) is 19.4. The maximum Gasteiger partial charge on any atom is 0.248 e. The summed E-state index contributed by atoms with van der Waals surface area (Å²) >= 11 is 0. The van der Waals surface area contributed by atoms with E-state index in [-0.39, 0.29) is 38.2 Å². The van der Waals surface area contributed by atoms with E-state index in [1.807, 2.05) is 13.8 Å². The van der Waals surface area contributed by atoms with Crippen LogP contribution in [0.15, 0.2) is 140 Å². The van der Waals surface area contributed by atoms with E-state index in [4.69, 9.17) is 18.9 Å². The molecule has 0 spiro atoms. The molecule has 7 aromatic carbocycles. The highest BCUT2D eigenvalue weighted by Gasteiger charge is 2.49. The second-order valence-electron chi connectivity index (χ2n) is 15.8. The Bertz CT molecular complexity index is 2800. The fourth-order valence-corrected chi connectivity index (χ4v) is 9.95. The molecule has 4 atom stereocenters. The van der Waals surface area contributed by atoms with Crippen molar-refractivity contribution in [3.63, 3.8) is 0 Å². The van der Waals surface area contributed by atoms with Crippen LogP contribution in [0, 0.1) is 0 Å². The molecule has 6 aliphatic heterocycles. The molecular weight excluding hydrogens is 676 g/mol. The lowest BCUT2D eigenvalue weighted by atomic mass is 9.32. The van der Waals surface area contributed by atoms with Crippen molar-refractivity contribution < 1.29 is 18.9 Å². The normalized spacial score (nSPS) is 20.7. The van der Waals surface area contributed by atoms with Gasteiger partial charge >= 0.3 is 0 Å². The number of ether oxygens (including phenoxy) is 4. The summed E-state index contributed by atoms with van der Waals surface area (Å²) in [7, 11) is 0. The molecule has 260 valence electrons. The van der Waals surface area contributed by atoms with Gasteiger partial charge in [0.2, 0.25) is 26.0 Å². The van der Waals surface area contributed by atoms with E-state index >= 15 is 0 Å². The largest absolute Gasteiger partial charge is 0.462 e. The molecule has 2 fully saturated rings. The van der Waals surface area contributed by atoms with Gasteiger partial charge in [-0.25, -0.2) is 0 Å². The molecule has 13 rings (SSSR count). The van der Waals surface area contributed by atoms with E-state index in [2.05, 4.69) is 144 Å². The van der Waals surface area contributed by atoms with Crippen LogP contribution in [-0.2, 0) is 9.47 Å². The lowest BCUT2D eigenvalue weighted by molar-refractivity contribution is 0.178. The Morgan fingerprint density at radius 1 is 0.455 bits per heavy atom. The first-order valence-electron chi connectivity index (χ1n) is 19.4. The third-order valence-electron chi connectivity index (χ3n) is 12.7. The van der Waals surface area contributed by atoms with Crippen molar-refractivity contribution in [2.75, 3.05) is 4.90 Å². The van der Waals surface area contributed by atoms with E-state index in [1.165, 1.54) is 94.3 Å². The van der Waals surface area contributed by atoms with Crippen molar-refractivity contribution in [2.24, 2.45) is 0 Å². The van der Waals surface area contributed by atoms with Crippen LogP contribution in [0.2, 0.25) is 0 Å². The Morgan fingerprint density at radius 3 is 1.65 bits per heavy atom. The molecule has 5 nitrogen and oxygen atoms in total. The van der Waals surface area contributed by atoms with Gasteiger partial charge in [-0.3, -0.25) is 0 Å². The van der Waals surface area contributed by atoms with E-state index in [0.717, 1.165) is 11.5 Å². The second-order valence-corrected chi connectivity index (χ2v) is 15.8. The van der Waals surface area contributed by atoms with Crippen molar-refractivity contribution >= 4 is 63.3 Å². The van der Waals surface area contributed by atoms with E-state index in [9.17, 15) is 0 Å². The molecule has 4 unspecified atom stereocenters. The van der Waals surface area contributed by atoms with Gasteiger partial charge in [-0.05, 0) is 129 Å². The van der Waals surface area contributed by atoms with Crippen LogP contribution in [0.25, 0.3) is 44.5 Å². The van der Waals surface area contributed by atoms with Crippen LogP contribution in [0.4, 0.5) is 17.1 Å². The predicted molar refractivity (Wildman–Crippen MR) is 222 cm³/mol. The van der Waals surface area contributed by atoms with Gasteiger partial charge in [0, 0.05) is 17.1 Å². The third-order valence-corrected chi connectivity index (χ3v) is 12.7. The van der Waals surface area contributed by atoms with E-state index in [0.29, 0.717) is 0 Å². The first kappa shape index (κ1) is 30.3. The highest BCUT2D eigenvalue weighted by molar-refractivity contribution is 7.05. The number of rotatable bonds is 6. The number of hydrogen-bond donors (Lipinski definition) is 0. The average Bonchev–Trinajstić information content (AvgIpc) is 4.04. The molecule has 7 heteroatoms. The first-order chi connectivity index (χ1) is 27.1. The molecule has 0 aromatic heterocycles. The zero-order valence-electron chi connectivity index (χ0n) is 30.3. The number of benzene rings is 7. The van der Waals surface area contributed by atoms with Crippen molar-refractivity contribution in [3.8, 4) is 56.0 Å². The van der Waals surface area contributed by atoms with Crippen LogP contribution < -0.4 is 47.2 Å². The minimum atomic E-state index is -0.149. The Kier molecular flexibility index (Phi) is 5.96. The number of para-hydroxylation sites is 1. The fourth-order valence-electron chi connectivity index (χ4n) is 9.95. The molecule has 0 radical (unpaired) electrons. The van der Waals surface area contributed by atoms with Gasteiger partial charge in [-0.2, -0.15) is 0 Å². The number of hydrogen-bond acceptors (Lipinski definition) is 5. The second kappa shape index (κ2) is 10.8. The molecule has 2 saturated heterocycles. The topological polar surface area (TPSA) is 46.8 Å². The Labute approximate surface area is 320 Å². The van der Waals surface area contributed by atoms with Gasteiger partial charge in [-0.1, -0.05) is 102 Å². The Balaban J connectivity index is 0.976. The molecule has 0 amide bonds. The minimum absolute atomic E-state index is 0.135. The van der Waals surface area contributed by atoms with Crippen LogP contribution in [0.1, 0.15) is 13.8 Å². The van der Waals surface area contributed by atoms with Crippen molar-refractivity contribution in [3.05, 3.63) is 140 Å². The number of anilines is 3. The monoisotopic (exact) mass is 709 g/mol. The zero-order valence-corrected chi connectivity index (χ0v) is 30.3. The molecule has 6 aliphatic rings. The van der Waals surface area contributed by atoms with Crippen LogP contribution in [0.3, 0.4) is 0 Å². The third kappa shape index (κ3) is 4.28. The molecule has 55 heavy (non-hydrogen) atoms. The standard InChI is InChI=1S/C48H33B2NO4/c1-26-47(52-26)54-32-18-13-28(14-19-32)30-17-22-39-36(23-30)35-8-5-12-42-44(35)50(39)41-11-6-10-40-46(41)51(42)43-25-31(29-15-20-33(21-16-29)55-48-27(2)53-48)24-37-34-7-3-4-9-38(34)49(40)45(37)43/h3-27,47-48H,1-2H3. The fraction of sp³-hybridized carbons (Fsp3) is 0.125. The van der Waals surface area contributed by atoms with Gasteiger partial charge < -0.3 is 23.8 Å². The molecule has 0 bridgehead atoms. The smallest absolute Gasteiger partial charge is 0.248 e. The highest BCUT2D eigenvalue weighted by atomic mass is 16.8. The number of fused-ring (bicyclic) bond motifs is 10. The molecule has 0 aliphatic carbocycles. The summed E-state index contributed by atoms with van der Waals surface area (Å²) in [5, 5.41) is 0. The summed E-state index contributed by atoms with van der Waals surface area (Å²) in [5.41, 5.74) is 22.2. The van der Waals surface area contributed by atoms with Crippen molar-refractivity contribution in [1.29, 1.82) is 0 Å². The molecule has 6 heterocycles. The van der Waals surface area contributed by atoms with Crippen molar-refractivity contribution in [2.45, 2.75) is 38.6 Å². The highest BCUT2D eigenvalue weighted by Crippen LogP contribution is 2.46. The van der Waals surface area contributed by atoms with Crippen molar-refractivity contribution in [1.82, 2.24) is 0 Å². The lowest BCUT2D eigenvalue weighted by Gasteiger charge is -2.42. The van der Waals surface area contributed by atoms with Gasteiger partial charge in [0.05, 0.1) is 0 Å². The van der Waals surface area contributed by atoms with Crippen LogP contribution in [-0.4, -0.2) is 38.2 Å². The SMILES string of the molecule is CC1OC1Oc1ccc(-c2ccc3c(c2)-c2cccc4c2B3c2cccc3c2N4c2cc(-c4ccc(OC5OC5C)cc4)cc4c2B3c2ccccc2-4)cc1. The summed E-state index contributed by atoms with van der Waals surface area (Å²) in [5.74, 6) is 1.67. The minimum Gasteiger partial charge on any atom is -0.462 e. The quantitative estimate of drug-likeness (QED) is 0.149. The van der Waals surface area contributed by atoms with Crippen LogP contribution in [0.5, 0.6) is 11.5 Å². The number of epoxide rings is 2. The summed E-state index contributed by atoms with van der Waals surface area (Å²) in [6.07, 6.45) is 0.0210. The maximum absolute atomic E-state index is 6.02. The molecule has 7 aromatic rings. The summed E-state index contributed by atoms with van der Waals surface area (Å²) < 4.78 is 22.9. The van der Waals surface area contributed by atoms with Crippen LogP contribution >= 0.6 is 0 Å². The number of nitrogens with zero attached hydrogens (tertiary/aromatic N) is 1. The Morgan fingerprint density at radius 2 is 0.982 bits per heavy atom. The molecule has 0 saturated carbocycles. The molecule has 0 N–H and O–H groups in total. The Hall–Kier alpha value is -6.01. The van der Waals surface area contributed by atoms with Gasteiger partial charge in [0.15, 0.2) is 0 Å². The maximum atomic E-state index is 6.02. The summed E-state index contributed by atoms with van der Waals surface area (Å²) in [6, 6.07) is 51.8. The van der Waals surface area contributed by atoms with E-state index < -0.39 is 0 Å². The predicted octanol–water partition coefficient (Wildman–Crippen LogP) is 6.36.